The second-order valence-corrected chi connectivity index (χ2v) is 5.85. The zero-order chi connectivity index (χ0) is 12.9. The van der Waals surface area contributed by atoms with Crippen molar-refractivity contribution < 1.29 is 0 Å². The number of rotatable bonds is 11. The van der Waals surface area contributed by atoms with Gasteiger partial charge in [-0.3, -0.25) is 0 Å². The van der Waals surface area contributed by atoms with Gasteiger partial charge < -0.3 is 5.32 Å². The summed E-state index contributed by atoms with van der Waals surface area (Å²) in [6.07, 6.45) is 8.29. The molecule has 1 nitrogen and oxygen atoms in total. The van der Waals surface area contributed by atoms with Crippen LogP contribution in [0.4, 0.5) is 0 Å². The van der Waals surface area contributed by atoms with Crippen molar-refractivity contribution in [3.8, 4) is 0 Å². The number of hydrogen-bond donors (Lipinski definition) is 1. The molecular formula is C16H27NS. The van der Waals surface area contributed by atoms with E-state index in [1.165, 1.54) is 55.7 Å². The Bertz CT molecular complexity index is 274. The first-order valence-corrected chi connectivity index (χ1v) is 8.30. The minimum absolute atomic E-state index is 1.12. The second-order valence-electron chi connectivity index (χ2n) is 4.68. The average Bonchev–Trinajstić information content (AvgIpc) is 2.42. The first kappa shape index (κ1) is 15.6. The van der Waals surface area contributed by atoms with Crippen molar-refractivity contribution in [3.63, 3.8) is 0 Å². The van der Waals surface area contributed by atoms with Crippen LogP contribution in [0.15, 0.2) is 35.2 Å². The van der Waals surface area contributed by atoms with E-state index in [1.54, 1.807) is 0 Å². The van der Waals surface area contributed by atoms with Crippen LogP contribution in [0, 0.1) is 0 Å². The van der Waals surface area contributed by atoms with Crippen molar-refractivity contribution in [1.82, 2.24) is 5.32 Å². The summed E-state index contributed by atoms with van der Waals surface area (Å²) in [4.78, 5) is 1.37. The number of benzene rings is 1. The molecule has 0 aliphatic rings. The molecule has 102 valence electrons. The highest BCUT2D eigenvalue weighted by Crippen LogP contribution is 2.15. The third-order valence-corrected chi connectivity index (χ3v) is 4.01. The lowest BCUT2D eigenvalue weighted by Gasteiger charge is -2.05. The molecular weight excluding hydrogens is 238 g/mol. The molecule has 0 saturated carbocycles. The smallest absolute Gasteiger partial charge is 0.0106 e. The van der Waals surface area contributed by atoms with E-state index < -0.39 is 0 Å². The van der Waals surface area contributed by atoms with E-state index in [4.69, 9.17) is 0 Å². The molecule has 1 aromatic rings. The molecule has 0 aliphatic heterocycles. The zero-order valence-electron chi connectivity index (χ0n) is 11.7. The minimum atomic E-state index is 1.12. The highest BCUT2D eigenvalue weighted by Gasteiger charge is 1.93. The van der Waals surface area contributed by atoms with Crippen molar-refractivity contribution in [2.24, 2.45) is 0 Å². The van der Waals surface area contributed by atoms with Crippen molar-refractivity contribution in [1.29, 1.82) is 0 Å². The first-order valence-electron chi connectivity index (χ1n) is 7.32. The molecule has 0 aromatic heterocycles. The number of nitrogens with one attached hydrogen (secondary N) is 1. The predicted molar refractivity (Wildman–Crippen MR) is 83.4 cm³/mol. The normalized spacial score (nSPS) is 10.7. The maximum atomic E-state index is 3.53. The van der Waals surface area contributed by atoms with Gasteiger partial charge in [-0.25, -0.2) is 0 Å². The van der Waals surface area contributed by atoms with E-state index in [-0.39, 0.29) is 0 Å². The third kappa shape index (κ3) is 8.60. The Kier molecular flexibility index (Phi) is 10.1. The monoisotopic (exact) mass is 265 g/mol. The van der Waals surface area contributed by atoms with Crippen LogP contribution in [0.2, 0.25) is 0 Å². The van der Waals surface area contributed by atoms with Crippen LogP contribution in [0.3, 0.4) is 0 Å². The summed E-state index contributed by atoms with van der Waals surface area (Å²) in [6, 6.07) is 10.6. The summed E-state index contributed by atoms with van der Waals surface area (Å²) in [5.41, 5.74) is 0. The lowest BCUT2D eigenvalue weighted by atomic mass is 10.1. The van der Waals surface area contributed by atoms with Crippen LogP contribution < -0.4 is 5.32 Å². The van der Waals surface area contributed by atoms with Crippen LogP contribution in [-0.2, 0) is 0 Å². The topological polar surface area (TPSA) is 12.0 Å². The van der Waals surface area contributed by atoms with Gasteiger partial charge in [-0.15, -0.1) is 11.8 Å². The summed E-state index contributed by atoms with van der Waals surface area (Å²) < 4.78 is 0. The molecule has 0 fully saturated rings. The molecule has 1 aromatic carbocycles. The average molecular weight is 265 g/mol. The molecule has 1 rings (SSSR count). The van der Waals surface area contributed by atoms with Crippen molar-refractivity contribution in [2.75, 3.05) is 18.8 Å². The summed E-state index contributed by atoms with van der Waals surface area (Å²) in [5.74, 6) is 1.17. The van der Waals surface area contributed by atoms with E-state index in [2.05, 4.69) is 42.6 Å². The van der Waals surface area contributed by atoms with Crippen LogP contribution in [-0.4, -0.2) is 18.8 Å². The van der Waals surface area contributed by atoms with Gasteiger partial charge in [0.2, 0.25) is 0 Å². The molecule has 0 spiro atoms. The molecule has 0 bridgehead atoms. The van der Waals surface area contributed by atoms with Crippen molar-refractivity contribution in [2.45, 2.75) is 50.3 Å². The van der Waals surface area contributed by atoms with Crippen molar-refractivity contribution >= 4 is 11.8 Å². The maximum absolute atomic E-state index is 3.53. The highest BCUT2D eigenvalue weighted by atomic mass is 32.2. The fourth-order valence-electron chi connectivity index (χ4n) is 1.91. The largest absolute Gasteiger partial charge is 0.316 e. The number of unbranched alkanes of at least 4 members (excludes halogenated alkanes) is 5. The maximum Gasteiger partial charge on any atom is 0.0106 e. The van der Waals surface area contributed by atoms with E-state index >= 15 is 0 Å². The molecule has 0 saturated heterocycles. The van der Waals surface area contributed by atoms with Gasteiger partial charge in [0, 0.05) is 17.2 Å². The number of hydrogen-bond acceptors (Lipinski definition) is 2. The number of thioether (sulfide) groups is 1. The Morgan fingerprint density at radius 1 is 0.889 bits per heavy atom. The van der Waals surface area contributed by atoms with Crippen LogP contribution >= 0.6 is 11.8 Å². The van der Waals surface area contributed by atoms with E-state index in [9.17, 15) is 0 Å². The quantitative estimate of drug-likeness (QED) is 0.458. The van der Waals surface area contributed by atoms with Gasteiger partial charge in [0.15, 0.2) is 0 Å². The van der Waals surface area contributed by atoms with Gasteiger partial charge in [-0.1, -0.05) is 57.2 Å². The van der Waals surface area contributed by atoms with E-state index in [0.717, 1.165) is 6.54 Å². The minimum Gasteiger partial charge on any atom is -0.316 e. The van der Waals surface area contributed by atoms with Crippen LogP contribution in [0.5, 0.6) is 0 Å². The first-order chi connectivity index (χ1) is 8.93. The van der Waals surface area contributed by atoms with Gasteiger partial charge in [0.05, 0.1) is 0 Å². The molecule has 0 unspecified atom stereocenters. The summed E-state index contributed by atoms with van der Waals surface area (Å²) in [7, 11) is 0. The predicted octanol–water partition coefficient (Wildman–Crippen LogP) is 4.73. The second kappa shape index (κ2) is 11.6. The summed E-state index contributed by atoms with van der Waals surface area (Å²) >= 11 is 1.93. The van der Waals surface area contributed by atoms with Crippen LogP contribution in [0.25, 0.3) is 0 Å². The Hall–Kier alpha value is -0.470. The Labute approximate surface area is 117 Å². The molecule has 0 atom stereocenters. The lowest BCUT2D eigenvalue weighted by molar-refractivity contribution is 0.581. The fourth-order valence-corrected chi connectivity index (χ4v) is 2.74. The molecule has 0 radical (unpaired) electrons. The molecule has 0 aliphatic carbocycles. The molecule has 2 heteroatoms. The molecule has 0 amide bonds. The molecule has 1 N–H and O–H groups in total. The molecule has 0 heterocycles. The van der Waals surface area contributed by atoms with Gasteiger partial charge >= 0.3 is 0 Å². The summed E-state index contributed by atoms with van der Waals surface area (Å²) in [6.45, 7) is 4.57. The van der Waals surface area contributed by atoms with E-state index in [1.807, 2.05) is 11.8 Å². The standard InChI is InChI=1S/C16H27NS/c1-2-3-4-5-6-10-13-17-14-15-18-16-11-8-7-9-12-16/h7-9,11-12,17H,2-6,10,13-15H2,1H3. The Morgan fingerprint density at radius 2 is 1.61 bits per heavy atom. The van der Waals surface area contributed by atoms with Crippen LogP contribution in [0.1, 0.15) is 45.4 Å². The van der Waals surface area contributed by atoms with Gasteiger partial charge in [-0.2, -0.15) is 0 Å². The Balaban J connectivity index is 1.82. The van der Waals surface area contributed by atoms with Gasteiger partial charge in [0.1, 0.15) is 0 Å². The van der Waals surface area contributed by atoms with Crippen molar-refractivity contribution in [3.05, 3.63) is 30.3 Å². The molecule has 18 heavy (non-hydrogen) atoms. The summed E-state index contributed by atoms with van der Waals surface area (Å²) in [5, 5.41) is 3.53. The van der Waals surface area contributed by atoms with Gasteiger partial charge in [0.25, 0.3) is 0 Å². The Morgan fingerprint density at radius 3 is 2.39 bits per heavy atom. The lowest BCUT2D eigenvalue weighted by Crippen LogP contribution is -2.18. The SMILES string of the molecule is CCCCCCCCNCCSc1ccccc1. The van der Waals surface area contributed by atoms with E-state index in [0.29, 0.717) is 0 Å². The van der Waals surface area contributed by atoms with Gasteiger partial charge in [-0.05, 0) is 25.1 Å². The fraction of sp³-hybridized carbons (Fsp3) is 0.625. The zero-order valence-corrected chi connectivity index (χ0v) is 12.5. The highest BCUT2D eigenvalue weighted by molar-refractivity contribution is 7.99. The third-order valence-electron chi connectivity index (χ3n) is 3.00.